The summed E-state index contributed by atoms with van der Waals surface area (Å²) in [7, 11) is 1.85. The van der Waals surface area contributed by atoms with Gasteiger partial charge in [-0.15, -0.1) is 0 Å². The van der Waals surface area contributed by atoms with Crippen LogP contribution in [0.3, 0.4) is 0 Å². The van der Waals surface area contributed by atoms with E-state index in [0.29, 0.717) is 17.0 Å². The first-order valence-corrected chi connectivity index (χ1v) is 6.72. The highest BCUT2D eigenvalue weighted by Crippen LogP contribution is 2.32. The summed E-state index contributed by atoms with van der Waals surface area (Å²) in [4.78, 5) is 0. The third-order valence-corrected chi connectivity index (χ3v) is 3.61. The molecule has 1 aromatic carbocycles. The second kappa shape index (κ2) is 5.03. The smallest absolute Gasteiger partial charge is 0.0938 e. The molecule has 0 fully saturated rings. The summed E-state index contributed by atoms with van der Waals surface area (Å²) in [6, 6.07) is 7.37. The van der Waals surface area contributed by atoms with Gasteiger partial charge in [0, 0.05) is 34.7 Å². The van der Waals surface area contributed by atoms with Crippen LogP contribution in [0.1, 0.15) is 18.2 Å². The van der Waals surface area contributed by atoms with E-state index in [-0.39, 0.29) is 0 Å². The molecular formula is C13H14BrClN2O. The van der Waals surface area contributed by atoms with Crippen LogP contribution in [0.5, 0.6) is 0 Å². The second-order valence-electron chi connectivity index (χ2n) is 4.56. The van der Waals surface area contributed by atoms with Crippen molar-refractivity contribution in [2.75, 3.05) is 0 Å². The predicted molar refractivity (Wildman–Crippen MR) is 75.6 cm³/mol. The molecule has 2 aromatic rings. The maximum atomic E-state index is 10.6. The topological polar surface area (TPSA) is 38.0 Å². The number of halogens is 2. The first-order valence-electron chi connectivity index (χ1n) is 5.55. The number of aliphatic hydroxyl groups is 1. The lowest BCUT2D eigenvalue weighted by Gasteiger charge is -2.24. The van der Waals surface area contributed by atoms with Gasteiger partial charge in [-0.05, 0) is 25.1 Å². The minimum absolute atomic E-state index is 0.426. The number of aryl methyl sites for hydroxylation is 1. The van der Waals surface area contributed by atoms with Crippen LogP contribution in [-0.4, -0.2) is 14.9 Å². The van der Waals surface area contributed by atoms with Crippen LogP contribution in [0.25, 0.3) is 0 Å². The SMILES string of the molecule is Cn1ccc(CC(C)(O)c2ccc(Br)cc2Cl)n1. The summed E-state index contributed by atoms with van der Waals surface area (Å²) < 4.78 is 2.61. The Morgan fingerprint density at radius 3 is 2.72 bits per heavy atom. The molecule has 96 valence electrons. The molecule has 0 bridgehead atoms. The molecule has 0 aliphatic heterocycles. The van der Waals surface area contributed by atoms with Crippen molar-refractivity contribution in [3.63, 3.8) is 0 Å². The van der Waals surface area contributed by atoms with Crippen molar-refractivity contribution < 1.29 is 5.11 Å². The molecule has 0 aliphatic rings. The van der Waals surface area contributed by atoms with E-state index in [9.17, 15) is 5.11 Å². The molecule has 0 saturated carbocycles. The van der Waals surface area contributed by atoms with Crippen molar-refractivity contribution in [1.29, 1.82) is 0 Å². The predicted octanol–water partition coefficient (Wildman–Crippen LogP) is 3.29. The second-order valence-corrected chi connectivity index (χ2v) is 5.88. The zero-order valence-corrected chi connectivity index (χ0v) is 12.5. The molecule has 2 rings (SSSR count). The summed E-state index contributed by atoms with van der Waals surface area (Å²) in [5.41, 5.74) is 0.506. The van der Waals surface area contributed by atoms with E-state index in [1.54, 1.807) is 17.7 Å². The summed E-state index contributed by atoms with van der Waals surface area (Å²) in [6.45, 7) is 1.75. The lowest BCUT2D eigenvalue weighted by Crippen LogP contribution is -2.25. The van der Waals surface area contributed by atoms with Crippen LogP contribution < -0.4 is 0 Å². The monoisotopic (exact) mass is 328 g/mol. The van der Waals surface area contributed by atoms with Gasteiger partial charge in [-0.1, -0.05) is 33.6 Å². The first-order chi connectivity index (χ1) is 8.38. The molecule has 1 aromatic heterocycles. The van der Waals surface area contributed by atoms with E-state index in [4.69, 9.17) is 11.6 Å². The molecule has 1 heterocycles. The number of hydrogen-bond acceptors (Lipinski definition) is 2. The van der Waals surface area contributed by atoms with Gasteiger partial charge in [0.05, 0.1) is 11.3 Å². The first kappa shape index (κ1) is 13.6. The Balaban J connectivity index is 2.29. The molecule has 3 nitrogen and oxygen atoms in total. The molecule has 18 heavy (non-hydrogen) atoms. The van der Waals surface area contributed by atoms with Crippen molar-refractivity contribution >= 4 is 27.5 Å². The van der Waals surface area contributed by atoms with Gasteiger partial charge < -0.3 is 5.11 Å². The fourth-order valence-corrected chi connectivity index (χ4v) is 2.81. The highest BCUT2D eigenvalue weighted by Gasteiger charge is 2.27. The number of benzene rings is 1. The number of hydrogen-bond donors (Lipinski definition) is 1. The summed E-state index contributed by atoms with van der Waals surface area (Å²) in [5.74, 6) is 0. The summed E-state index contributed by atoms with van der Waals surface area (Å²) in [5, 5.41) is 15.4. The minimum atomic E-state index is -1.04. The van der Waals surface area contributed by atoms with Gasteiger partial charge in [0.1, 0.15) is 0 Å². The van der Waals surface area contributed by atoms with Crippen molar-refractivity contribution in [2.24, 2.45) is 7.05 Å². The molecule has 1 N–H and O–H groups in total. The fourth-order valence-electron chi connectivity index (χ4n) is 1.93. The van der Waals surface area contributed by atoms with Crippen LogP contribution in [0.15, 0.2) is 34.9 Å². The van der Waals surface area contributed by atoms with Gasteiger partial charge in [-0.25, -0.2) is 0 Å². The van der Waals surface area contributed by atoms with E-state index < -0.39 is 5.60 Å². The third-order valence-electron chi connectivity index (χ3n) is 2.81. The highest BCUT2D eigenvalue weighted by molar-refractivity contribution is 9.10. The van der Waals surface area contributed by atoms with E-state index >= 15 is 0 Å². The molecule has 5 heteroatoms. The van der Waals surface area contributed by atoms with Gasteiger partial charge in [0.2, 0.25) is 0 Å². The molecule has 0 amide bonds. The summed E-state index contributed by atoms with van der Waals surface area (Å²) in [6.07, 6.45) is 2.28. The van der Waals surface area contributed by atoms with E-state index in [1.807, 2.05) is 31.4 Å². The maximum absolute atomic E-state index is 10.6. The van der Waals surface area contributed by atoms with Crippen LogP contribution >= 0.6 is 27.5 Å². The highest BCUT2D eigenvalue weighted by atomic mass is 79.9. The summed E-state index contributed by atoms with van der Waals surface area (Å²) >= 11 is 9.52. The van der Waals surface area contributed by atoms with Crippen LogP contribution in [0.2, 0.25) is 5.02 Å². The van der Waals surface area contributed by atoms with Crippen LogP contribution in [-0.2, 0) is 19.1 Å². The molecule has 0 aliphatic carbocycles. The van der Waals surface area contributed by atoms with E-state index in [2.05, 4.69) is 21.0 Å². The molecule has 1 atom stereocenters. The van der Waals surface area contributed by atoms with Crippen molar-refractivity contribution in [1.82, 2.24) is 9.78 Å². The molecular weight excluding hydrogens is 316 g/mol. The van der Waals surface area contributed by atoms with Crippen molar-refractivity contribution in [3.05, 3.63) is 51.2 Å². The third kappa shape index (κ3) is 2.94. The van der Waals surface area contributed by atoms with Crippen molar-refractivity contribution in [3.8, 4) is 0 Å². The normalized spacial score (nSPS) is 14.5. The van der Waals surface area contributed by atoms with Crippen LogP contribution in [0, 0.1) is 0 Å². The Morgan fingerprint density at radius 2 is 2.17 bits per heavy atom. The standard InChI is InChI=1S/C13H14BrClN2O/c1-13(18,8-10-5-6-17(2)16-10)11-4-3-9(14)7-12(11)15/h3-7,18H,8H2,1-2H3. The molecule has 0 radical (unpaired) electrons. The maximum Gasteiger partial charge on any atom is 0.0938 e. The van der Waals surface area contributed by atoms with Gasteiger partial charge >= 0.3 is 0 Å². The largest absolute Gasteiger partial charge is 0.385 e. The fraction of sp³-hybridized carbons (Fsp3) is 0.308. The minimum Gasteiger partial charge on any atom is -0.385 e. The average molecular weight is 330 g/mol. The quantitative estimate of drug-likeness (QED) is 0.938. The van der Waals surface area contributed by atoms with E-state index in [1.165, 1.54) is 0 Å². The zero-order chi connectivity index (χ0) is 13.3. The van der Waals surface area contributed by atoms with Gasteiger partial charge in [0.25, 0.3) is 0 Å². The van der Waals surface area contributed by atoms with Gasteiger partial charge in [-0.2, -0.15) is 5.10 Å². The number of aromatic nitrogens is 2. The molecule has 0 saturated heterocycles. The number of nitrogens with zero attached hydrogens (tertiary/aromatic N) is 2. The Bertz CT molecular complexity index is 566. The van der Waals surface area contributed by atoms with Crippen LogP contribution in [0.4, 0.5) is 0 Å². The Hall–Kier alpha value is -0.840. The van der Waals surface area contributed by atoms with Gasteiger partial charge in [0.15, 0.2) is 0 Å². The molecule has 0 spiro atoms. The van der Waals surface area contributed by atoms with E-state index in [0.717, 1.165) is 10.2 Å². The average Bonchev–Trinajstić information content (AvgIpc) is 2.62. The van der Waals surface area contributed by atoms with Gasteiger partial charge in [-0.3, -0.25) is 4.68 Å². The lowest BCUT2D eigenvalue weighted by molar-refractivity contribution is 0.0565. The Kier molecular flexibility index (Phi) is 3.80. The zero-order valence-electron chi connectivity index (χ0n) is 10.2. The van der Waals surface area contributed by atoms with Crippen molar-refractivity contribution in [2.45, 2.75) is 18.9 Å². The molecule has 1 unspecified atom stereocenters. The lowest BCUT2D eigenvalue weighted by atomic mass is 9.91. The Morgan fingerprint density at radius 1 is 1.44 bits per heavy atom. The number of rotatable bonds is 3. The Labute approximate surface area is 120 Å².